The molecule has 0 unspecified atom stereocenters. The highest BCUT2D eigenvalue weighted by Gasteiger charge is 2.25. The van der Waals surface area contributed by atoms with Gasteiger partial charge in [0, 0.05) is 55.2 Å². The minimum absolute atomic E-state index is 0.240. The smallest absolute Gasteiger partial charge is 0.297 e. The van der Waals surface area contributed by atoms with Gasteiger partial charge in [0.1, 0.15) is 18.2 Å². The predicted molar refractivity (Wildman–Crippen MR) is 163 cm³/mol. The third-order valence-corrected chi connectivity index (χ3v) is 7.59. The molecule has 3 aromatic carbocycles. The van der Waals surface area contributed by atoms with Gasteiger partial charge in [-0.2, -0.15) is 5.10 Å². The predicted octanol–water partition coefficient (Wildman–Crippen LogP) is 5.08. The summed E-state index contributed by atoms with van der Waals surface area (Å²) in [5.74, 6) is -0.170. The lowest BCUT2D eigenvalue weighted by Gasteiger charge is -2.32. The van der Waals surface area contributed by atoms with Gasteiger partial charge in [0.15, 0.2) is 0 Å². The van der Waals surface area contributed by atoms with Gasteiger partial charge in [0.25, 0.3) is 11.7 Å². The van der Waals surface area contributed by atoms with Gasteiger partial charge in [-0.15, -0.1) is 0 Å². The average Bonchev–Trinajstić information content (AvgIpc) is 3.38. The van der Waals surface area contributed by atoms with Crippen LogP contribution in [0.1, 0.15) is 42.4 Å². The number of hydrogen-bond acceptors (Lipinski definition) is 6. The first-order chi connectivity index (χ1) is 19.6. The van der Waals surface area contributed by atoms with E-state index in [0.717, 1.165) is 55.1 Å². The molecular formula is C33H39N5O3. The highest BCUT2D eigenvalue weighted by Crippen LogP contribution is 2.30. The van der Waals surface area contributed by atoms with E-state index in [9.17, 15) is 9.59 Å². The van der Waals surface area contributed by atoms with E-state index < -0.39 is 11.7 Å². The van der Waals surface area contributed by atoms with Crippen molar-refractivity contribution in [2.24, 2.45) is 0 Å². The Morgan fingerprint density at radius 3 is 2.29 bits per heavy atom. The van der Waals surface area contributed by atoms with Crippen molar-refractivity contribution >= 4 is 28.3 Å². The van der Waals surface area contributed by atoms with Crippen molar-refractivity contribution in [1.29, 1.82) is 0 Å². The van der Waals surface area contributed by atoms with Crippen molar-refractivity contribution < 1.29 is 14.3 Å². The van der Waals surface area contributed by atoms with Crippen molar-refractivity contribution in [3.63, 3.8) is 0 Å². The van der Waals surface area contributed by atoms with E-state index in [-0.39, 0.29) is 5.41 Å². The maximum atomic E-state index is 13.5. The molecule has 0 radical (unpaired) electrons. The number of hydrogen-bond donors (Lipinski definition) is 1. The number of carbonyl (C=O) groups is 2. The molecule has 1 fully saturated rings. The number of fused-ring (bicyclic) bond motifs is 1. The molecule has 0 bridgehead atoms. The Balaban J connectivity index is 1.36. The molecule has 1 N–H and O–H groups in total. The summed E-state index contributed by atoms with van der Waals surface area (Å²) in [6.07, 6.45) is 0. The number of aromatic nitrogens is 2. The summed E-state index contributed by atoms with van der Waals surface area (Å²) < 4.78 is 7.85. The van der Waals surface area contributed by atoms with Crippen molar-refractivity contribution in [3.8, 4) is 11.4 Å². The number of nitrogens with zero attached hydrogens (tertiary/aromatic N) is 4. The van der Waals surface area contributed by atoms with Crippen molar-refractivity contribution in [2.75, 3.05) is 51.7 Å². The Morgan fingerprint density at radius 1 is 0.927 bits per heavy atom. The molecule has 1 aromatic heterocycles. The van der Waals surface area contributed by atoms with E-state index in [1.807, 2.05) is 61.5 Å². The second kappa shape index (κ2) is 11.8. The van der Waals surface area contributed by atoms with Crippen molar-refractivity contribution in [2.45, 2.75) is 33.1 Å². The van der Waals surface area contributed by atoms with Crippen LogP contribution in [0.25, 0.3) is 16.5 Å². The molecule has 5 rings (SSSR count). The largest absolute Gasteiger partial charge is 0.492 e. The highest BCUT2D eigenvalue weighted by molar-refractivity contribution is 6.48. The maximum absolute atomic E-state index is 13.5. The van der Waals surface area contributed by atoms with Gasteiger partial charge in [0.2, 0.25) is 0 Å². The fraction of sp³-hybridized carbons (Fsp3) is 0.364. The first-order valence-corrected chi connectivity index (χ1v) is 14.2. The third kappa shape index (κ3) is 6.50. The number of Topliss-reactive ketones (excluding diaryl/α,β-unsaturated/α-hetero) is 1. The summed E-state index contributed by atoms with van der Waals surface area (Å²) in [4.78, 5) is 31.6. The monoisotopic (exact) mass is 553 g/mol. The minimum Gasteiger partial charge on any atom is -0.492 e. The van der Waals surface area contributed by atoms with Crippen LogP contribution in [0.4, 0.5) is 5.82 Å². The topological polar surface area (TPSA) is 79.7 Å². The molecule has 41 heavy (non-hydrogen) atoms. The van der Waals surface area contributed by atoms with E-state index in [2.05, 4.69) is 42.9 Å². The van der Waals surface area contributed by atoms with Gasteiger partial charge in [0.05, 0.1) is 11.4 Å². The van der Waals surface area contributed by atoms with Crippen LogP contribution in [0.3, 0.4) is 0 Å². The number of benzene rings is 3. The molecule has 0 atom stereocenters. The summed E-state index contributed by atoms with van der Waals surface area (Å²) in [5.41, 5.74) is 2.83. The van der Waals surface area contributed by atoms with Gasteiger partial charge in [-0.05, 0) is 43.6 Å². The molecule has 0 spiro atoms. The molecule has 1 aliphatic rings. The molecule has 0 saturated carbocycles. The van der Waals surface area contributed by atoms with Crippen LogP contribution in [-0.2, 0) is 10.2 Å². The number of amides is 1. The van der Waals surface area contributed by atoms with Gasteiger partial charge in [-0.1, -0.05) is 62.7 Å². The number of piperazine rings is 1. The molecule has 1 aliphatic heterocycles. The molecule has 0 aliphatic carbocycles. The number of rotatable bonds is 8. The SMILES string of the molecule is Cc1ccc(-n2nc(C(C)(C)C)cc2NC(=O)C(=O)c2ccc(OCCN3CCN(C)CC3)c3ccccc23)cc1. The molecule has 2 heterocycles. The summed E-state index contributed by atoms with van der Waals surface area (Å²) in [5, 5.41) is 9.10. The van der Waals surface area contributed by atoms with Crippen molar-refractivity contribution in [3.05, 3.63) is 83.6 Å². The van der Waals surface area contributed by atoms with E-state index in [1.54, 1.807) is 16.8 Å². The zero-order valence-corrected chi connectivity index (χ0v) is 24.6. The molecule has 214 valence electrons. The number of ether oxygens (including phenoxy) is 1. The first-order valence-electron chi connectivity index (χ1n) is 14.2. The number of nitrogens with one attached hydrogen (secondary N) is 1. The lowest BCUT2D eigenvalue weighted by atomic mass is 9.92. The summed E-state index contributed by atoms with van der Waals surface area (Å²) in [6.45, 7) is 13.8. The van der Waals surface area contributed by atoms with Crippen LogP contribution in [0, 0.1) is 6.92 Å². The second-order valence-corrected chi connectivity index (χ2v) is 11.8. The van der Waals surface area contributed by atoms with Crippen LogP contribution in [-0.4, -0.2) is 77.6 Å². The standard InChI is InChI=1S/C33H39N5O3/c1-23-10-12-24(13-11-23)38-30(22-29(35-38)33(2,3)4)34-32(40)31(39)27-14-15-28(26-9-7-6-8-25(26)27)41-21-20-37-18-16-36(5)17-19-37/h6-15,22H,16-21H2,1-5H3,(H,34,40). The van der Waals surface area contributed by atoms with Crippen LogP contribution in [0.15, 0.2) is 66.7 Å². The fourth-order valence-electron chi connectivity index (χ4n) is 4.97. The van der Waals surface area contributed by atoms with Crippen LogP contribution in [0.2, 0.25) is 0 Å². The summed E-state index contributed by atoms with van der Waals surface area (Å²) >= 11 is 0. The molecule has 8 nitrogen and oxygen atoms in total. The second-order valence-electron chi connectivity index (χ2n) is 11.8. The fourth-order valence-corrected chi connectivity index (χ4v) is 4.97. The van der Waals surface area contributed by atoms with Crippen LogP contribution in [0.5, 0.6) is 5.75 Å². The quantitative estimate of drug-likeness (QED) is 0.242. The van der Waals surface area contributed by atoms with E-state index in [4.69, 9.17) is 9.84 Å². The number of carbonyl (C=O) groups excluding carboxylic acids is 2. The number of likely N-dealkylation sites (N-methyl/N-ethyl adjacent to an activating group) is 1. The molecule has 1 amide bonds. The zero-order valence-electron chi connectivity index (χ0n) is 24.6. The average molecular weight is 554 g/mol. The maximum Gasteiger partial charge on any atom is 0.297 e. The highest BCUT2D eigenvalue weighted by atomic mass is 16.5. The van der Waals surface area contributed by atoms with Crippen molar-refractivity contribution in [1.82, 2.24) is 19.6 Å². The lowest BCUT2D eigenvalue weighted by molar-refractivity contribution is -0.112. The number of anilines is 1. The third-order valence-electron chi connectivity index (χ3n) is 7.59. The van der Waals surface area contributed by atoms with Crippen LogP contribution < -0.4 is 10.1 Å². The first kappa shape index (κ1) is 28.5. The van der Waals surface area contributed by atoms with Gasteiger partial charge >= 0.3 is 0 Å². The van der Waals surface area contributed by atoms with E-state index in [1.165, 1.54) is 0 Å². The van der Waals surface area contributed by atoms with E-state index >= 15 is 0 Å². The Morgan fingerprint density at radius 2 is 1.61 bits per heavy atom. The summed E-state index contributed by atoms with van der Waals surface area (Å²) in [6, 6.07) is 20.8. The van der Waals surface area contributed by atoms with Crippen LogP contribution >= 0.6 is 0 Å². The van der Waals surface area contributed by atoms with Gasteiger partial charge in [-0.25, -0.2) is 4.68 Å². The zero-order chi connectivity index (χ0) is 29.1. The Kier molecular flexibility index (Phi) is 8.24. The lowest BCUT2D eigenvalue weighted by Crippen LogP contribution is -2.45. The Hall–Kier alpha value is -4.01. The minimum atomic E-state index is -0.715. The Bertz CT molecular complexity index is 1540. The molecule has 4 aromatic rings. The molecule has 1 saturated heterocycles. The number of aryl methyl sites for hydroxylation is 1. The van der Waals surface area contributed by atoms with Gasteiger partial charge < -0.3 is 15.0 Å². The number of ketones is 1. The van der Waals surface area contributed by atoms with E-state index in [0.29, 0.717) is 29.1 Å². The molecular weight excluding hydrogens is 514 g/mol. The Labute approximate surface area is 241 Å². The normalized spacial score (nSPS) is 14.8. The van der Waals surface area contributed by atoms with Gasteiger partial charge in [-0.3, -0.25) is 14.5 Å². The molecule has 8 heteroatoms. The summed E-state index contributed by atoms with van der Waals surface area (Å²) in [7, 11) is 2.14.